The van der Waals surface area contributed by atoms with Gasteiger partial charge in [-0.05, 0) is 83.0 Å². The fourth-order valence-corrected chi connectivity index (χ4v) is 6.08. The SMILES string of the molecule is C=c1c2ccccc2c2cc3ccc4c5c(cc6ccc1c2c6c35)-c1ccccc1C4=O. The third-order valence-electron chi connectivity index (χ3n) is 7.44. The van der Waals surface area contributed by atoms with Gasteiger partial charge < -0.3 is 0 Å². The van der Waals surface area contributed by atoms with Gasteiger partial charge in [0.1, 0.15) is 0 Å². The number of rotatable bonds is 0. The van der Waals surface area contributed by atoms with Crippen LogP contribution in [0.1, 0.15) is 15.9 Å². The van der Waals surface area contributed by atoms with Crippen molar-refractivity contribution in [1.29, 1.82) is 0 Å². The second-order valence-corrected chi connectivity index (χ2v) is 8.92. The van der Waals surface area contributed by atoms with Gasteiger partial charge in [0.15, 0.2) is 5.78 Å². The Morgan fingerprint density at radius 2 is 1.16 bits per heavy atom. The van der Waals surface area contributed by atoms with Crippen molar-refractivity contribution < 1.29 is 4.79 Å². The van der Waals surface area contributed by atoms with Crippen molar-refractivity contribution >= 4 is 66.2 Å². The topological polar surface area (TPSA) is 17.1 Å². The van der Waals surface area contributed by atoms with E-state index in [9.17, 15) is 4.79 Å². The van der Waals surface area contributed by atoms with E-state index in [2.05, 4.69) is 67.2 Å². The number of benzene rings is 7. The van der Waals surface area contributed by atoms with Crippen LogP contribution in [-0.4, -0.2) is 5.78 Å². The van der Waals surface area contributed by atoms with Crippen molar-refractivity contribution in [3.8, 4) is 11.1 Å². The second kappa shape index (κ2) is 5.33. The highest BCUT2D eigenvalue weighted by Gasteiger charge is 2.28. The molecule has 0 spiro atoms. The molecule has 0 bridgehead atoms. The Hall–Kier alpha value is -4.23. The molecule has 1 aliphatic rings. The summed E-state index contributed by atoms with van der Waals surface area (Å²) in [7, 11) is 0. The van der Waals surface area contributed by atoms with E-state index in [0.717, 1.165) is 32.9 Å². The lowest BCUT2D eigenvalue weighted by Gasteiger charge is -2.24. The maximum absolute atomic E-state index is 13.4. The quantitative estimate of drug-likeness (QED) is 0.192. The molecule has 1 aliphatic carbocycles. The largest absolute Gasteiger partial charge is 0.289 e. The van der Waals surface area contributed by atoms with Gasteiger partial charge >= 0.3 is 0 Å². The molecular weight excluding hydrogens is 388 g/mol. The standard InChI is InChI=1S/C31H16O/c1-16-19-6-2-3-7-21(19)25-14-18-11-13-24-30-26(22-8-4-5-9-23(22)31(24)32)15-17-10-12-20(16)29(25)27(17)28(18)30/h2-15H,1H2. The second-order valence-electron chi connectivity index (χ2n) is 8.92. The number of ketones is 1. The van der Waals surface area contributed by atoms with Gasteiger partial charge in [0.25, 0.3) is 0 Å². The van der Waals surface area contributed by atoms with E-state index in [1.165, 1.54) is 48.5 Å². The predicted octanol–water partition coefficient (Wildman–Crippen LogP) is 7.23. The molecule has 0 atom stereocenters. The van der Waals surface area contributed by atoms with E-state index < -0.39 is 0 Å². The van der Waals surface area contributed by atoms with E-state index >= 15 is 0 Å². The third kappa shape index (κ3) is 1.72. The van der Waals surface area contributed by atoms with Gasteiger partial charge in [-0.1, -0.05) is 73.3 Å². The normalized spacial score (nSPS) is 13.2. The summed E-state index contributed by atoms with van der Waals surface area (Å²) in [6.45, 7) is 4.46. The molecule has 8 rings (SSSR count). The minimum absolute atomic E-state index is 0.119. The van der Waals surface area contributed by atoms with Crippen LogP contribution < -0.4 is 5.22 Å². The minimum atomic E-state index is 0.119. The van der Waals surface area contributed by atoms with Gasteiger partial charge in [-0.3, -0.25) is 4.79 Å². The lowest BCUT2D eigenvalue weighted by Crippen LogP contribution is -2.10. The lowest BCUT2D eigenvalue weighted by molar-refractivity contribution is 0.104. The summed E-state index contributed by atoms with van der Waals surface area (Å²) in [6.07, 6.45) is 0. The number of carbonyl (C=O) groups excluding carboxylic acids is 1. The summed E-state index contributed by atoms with van der Waals surface area (Å²) in [5, 5.41) is 13.1. The summed E-state index contributed by atoms with van der Waals surface area (Å²) < 4.78 is 0. The Balaban J connectivity index is 1.74. The molecule has 0 saturated carbocycles. The molecule has 0 amide bonds. The maximum atomic E-state index is 13.4. The lowest BCUT2D eigenvalue weighted by atomic mass is 9.78. The highest BCUT2D eigenvalue weighted by Crippen LogP contribution is 2.48. The van der Waals surface area contributed by atoms with E-state index in [0.29, 0.717) is 0 Å². The van der Waals surface area contributed by atoms with Crippen molar-refractivity contribution in [2.45, 2.75) is 0 Å². The smallest absolute Gasteiger partial charge is 0.194 e. The van der Waals surface area contributed by atoms with Crippen molar-refractivity contribution in [2.75, 3.05) is 0 Å². The van der Waals surface area contributed by atoms with E-state index in [-0.39, 0.29) is 5.78 Å². The van der Waals surface area contributed by atoms with Gasteiger partial charge in [-0.2, -0.15) is 0 Å². The summed E-state index contributed by atoms with van der Waals surface area (Å²) in [4.78, 5) is 13.4. The van der Waals surface area contributed by atoms with Crippen LogP contribution in [0, 0.1) is 0 Å². The predicted molar refractivity (Wildman–Crippen MR) is 135 cm³/mol. The molecule has 0 fully saturated rings. The van der Waals surface area contributed by atoms with Crippen LogP contribution in [0.15, 0.2) is 84.9 Å². The van der Waals surface area contributed by atoms with Gasteiger partial charge in [0.2, 0.25) is 0 Å². The first kappa shape index (κ1) is 16.5. The first-order chi connectivity index (χ1) is 15.7. The van der Waals surface area contributed by atoms with Gasteiger partial charge in [0.05, 0.1) is 0 Å². The molecule has 0 radical (unpaired) electrons. The van der Waals surface area contributed by atoms with E-state index in [1.54, 1.807) is 0 Å². The Morgan fingerprint density at radius 1 is 0.469 bits per heavy atom. The summed E-state index contributed by atoms with van der Waals surface area (Å²) in [5.74, 6) is 0.119. The first-order valence-corrected chi connectivity index (χ1v) is 10.9. The average molecular weight is 404 g/mol. The highest BCUT2D eigenvalue weighted by atomic mass is 16.1. The molecular formula is C31H16O. The fourth-order valence-electron chi connectivity index (χ4n) is 6.08. The van der Waals surface area contributed by atoms with Gasteiger partial charge in [-0.25, -0.2) is 0 Å². The monoisotopic (exact) mass is 404 g/mol. The van der Waals surface area contributed by atoms with Gasteiger partial charge in [-0.15, -0.1) is 0 Å². The van der Waals surface area contributed by atoms with Crippen LogP contribution in [0.3, 0.4) is 0 Å². The highest BCUT2D eigenvalue weighted by molar-refractivity contribution is 6.40. The van der Waals surface area contributed by atoms with Crippen LogP contribution >= 0.6 is 0 Å². The first-order valence-electron chi connectivity index (χ1n) is 10.9. The zero-order valence-electron chi connectivity index (χ0n) is 17.2. The molecule has 32 heavy (non-hydrogen) atoms. The van der Waals surface area contributed by atoms with Crippen molar-refractivity contribution in [2.24, 2.45) is 0 Å². The van der Waals surface area contributed by atoms with Crippen molar-refractivity contribution in [3.05, 3.63) is 101 Å². The Kier molecular flexibility index (Phi) is 2.74. The average Bonchev–Trinajstić information content (AvgIpc) is 2.85. The van der Waals surface area contributed by atoms with Crippen LogP contribution in [-0.2, 0) is 0 Å². The van der Waals surface area contributed by atoms with Crippen molar-refractivity contribution in [3.63, 3.8) is 0 Å². The fraction of sp³-hybridized carbons (Fsp3) is 0. The zero-order valence-corrected chi connectivity index (χ0v) is 17.2. The summed E-state index contributed by atoms with van der Waals surface area (Å²) >= 11 is 0. The maximum Gasteiger partial charge on any atom is 0.194 e. The van der Waals surface area contributed by atoms with Crippen LogP contribution in [0.5, 0.6) is 0 Å². The van der Waals surface area contributed by atoms with E-state index in [4.69, 9.17) is 0 Å². The van der Waals surface area contributed by atoms with Crippen LogP contribution in [0.4, 0.5) is 0 Å². The minimum Gasteiger partial charge on any atom is -0.289 e. The number of fused-ring (bicyclic) bond motifs is 4. The Morgan fingerprint density at radius 3 is 2.03 bits per heavy atom. The van der Waals surface area contributed by atoms with Crippen LogP contribution in [0.2, 0.25) is 0 Å². The summed E-state index contributed by atoms with van der Waals surface area (Å²) in [5.41, 5.74) is 3.79. The molecule has 0 aliphatic heterocycles. The molecule has 146 valence electrons. The number of hydrogen-bond acceptors (Lipinski definition) is 1. The Labute approximate surface area is 183 Å². The third-order valence-corrected chi connectivity index (χ3v) is 7.44. The number of hydrogen-bond donors (Lipinski definition) is 0. The molecule has 7 aromatic rings. The van der Waals surface area contributed by atoms with Gasteiger partial charge in [0, 0.05) is 16.5 Å². The molecule has 0 saturated heterocycles. The molecule has 7 aromatic carbocycles. The van der Waals surface area contributed by atoms with E-state index in [1.807, 2.05) is 24.3 Å². The van der Waals surface area contributed by atoms with Crippen molar-refractivity contribution in [1.82, 2.24) is 0 Å². The summed E-state index contributed by atoms with van der Waals surface area (Å²) in [6, 6.07) is 29.7. The van der Waals surface area contributed by atoms with Crippen LogP contribution in [0.25, 0.3) is 71.6 Å². The Bertz CT molecular complexity index is 2010. The molecule has 1 nitrogen and oxygen atoms in total. The molecule has 0 N–H and O–H groups in total. The molecule has 0 unspecified atom stereocenters. The molecule has 0 aromatic heterocycles. The number of carbonyl (C=O) groups is 1. The zero-order chi connectivity index (χ0) is 21.1. The molecule has 1 heteroatoms. The molecule has 0 heterocycles.